The number of fused-ring (bicyclic) bond motifs is 1. The average Bonchev–Trinajstić information content (AvgIpc) is 3.27. The monoisotopic (exact) mass is 569 g/mol. The second-order valence-corrected chi connectivity index (χ2v) is 19.5. The van der Waals surface area contributed by atoms with E-state index in [-0.39, 0.29) is 27.9 Å². The number of rotatable bonds is 7. The number of allylic oxidation sites excluding steroid dienone is 2. The lowest BCUT2D eigenvalue weighted by Crippen LogP contribution is -2.41. The number of alkyl halides is 2. The molecule has 3 nitrogen and oxygen atoms in total. The second kappa shape index (κ2) is 10.7. The number of halogens is 2. The Morgan fingerprint density at radius 1 is 1.07 bits per heavy atom. The van der Waals surface area contributed by atoms with E-state index in [4.69, 9.17) is 9.41 Å². The molecule has 4 rings (SSSR count). The van der Waals surface area contributed by atoms with Gasteiger partial charge in [0.05, 0.1) is 5.76 Å². The van der Waals surface area contributed by atoms with Crippen LogP contribution < -0.4 is 0 Å². The van der Waals surface area contributed by atoms with E-state index < -0.39 is 20.3 Å². The van der Waals surface area contributed by atoms with Gasteiger partial charge in [-0.2, -0.15) is 0 Å². The first-order chi connectivity index (χ1) is 18.3. The van der Waals surface area contributed by atoms with E-state index in [0.29, 0.717) is 5.56 Å². The summed E-state index contributed by atoms with van der Waals surface area (Å²) in [7, 11) is -2.09. The lowest BCUT2D eigenvalue weighted by molar-refractivity contribution is 0.0174. The van der Waals surface area contributed by atoms with E-state index in [1.807, 2.05) is 0 Å². The molecule has 0 spiro atoms. The van der Waals surface area contributed by atoms with Crippen molar-refractivity contribution in [1.29, 1.82) is 0 Å². The van der Waals surface area contributed by atoms with Crippen LogP contribution in [-0.4, -0.2) is 18.4 Å². The zero-order chi connectivity index (χ0) is 29.8. The maximum Gasteiger partial charge on any atom is 0.270 e. The van der Waals surface area contributed by atoms with Crippen LogP contribution in [-0.2, 0) is 23.2 Å². The average molecular weight is 570 g/mol. The summed E-state index contributed by atoms with van der Waals surface area (Å²) < 4.78 is 34.9. The Hall–Kier alpha value is -2.05. The first-order valence-electron chi connectivity index (χ1n) is 14.9. The number of hydrogen-bond donors (Lipinski definition) is 1. The molecule has 2 aliphatic carbocycles. The minimum absolute atomic E-state index is 0.0495. The predicted molar refractivity (Wildman–Crippen MR) is 163 cm³/mol. The first kappa shape index (κ1) is 30.9. The predicted octanol–water partition coefficient (Wildman–Crippen LogP) is 9.70. The Kier molecular flexibility index (Phi) is 8.23. The van der Waals surface area contributed by atoms with Gasteiger partial charge in [0.2, 0.25) is 8.32 Å². The molecule has 0 saturated carbocycles. The standard InChI is InChI=1S/C34H49F2NO2Si/c1-21(2)30-29(31(38)22-14-16-23(17-15-22)34(8,35)36)28(24-18-19-33(6,7)20-26(24)37-30)25-12-11-13-27(25)39-40(9,10)32(3,4)5/h13-17,21,25,31,38H,11-12,18-20H2,1-10H3/t25-,31-/m1/s1. The summed E-state index contributed by atoms with van der Waals surface area (Å²) in [6.45, 7) is 21.1. The molecule has 1 aromatic heterocycles. The molecule has 40 heavy (non-hydrogen) atoms. The lowest BCUT2D eigenvalue weighted by atomic mass is 9.71. The maximum absolute atomic E-state index is 14.0. The lowest BCUT2D eigenvalue weighted by Gasteiger charge is -2.40. The molecule has 0 fully saturated rings. The summed E-state index contributed by atoms with van der Waals surface area (Å²) in [6.07, 6.45) is 6.03. The van der Waals surface area contributed by atoms with E-state index in [0.717, 1.165) is 61.7 Å². The van der Waals surface area contributed by atoms with Gasteiger partial charge >= 0.3 is 0 Å². The van der Waals surface area contributed by atoms with Gasteiger partial charge < -0.3 is 9.53 Å². The molecular weight excluding hydrogens is 520 g/mol. The Bertz CT molecular complexity index is 1270. The summed E-state index contributed by atoms with van der Waals surface area (Å²) in [5, 5.41) is 12.1. The number of aliphatic hydroxyl groups is 1. The highest BCUT2D eigenvalue weighted by molar-refractivity contribution is 6.74. The van der Waals surface area contributed by atoms with Crippen molar-refractivity contribution in [2.45, 2.75) is 129 Å². The summed E-state index contributed by atoms with van der Waals surface area (Å²) in [5.74, 6) is -1.75. The van der Waals surface area contributed by atoms with Gasteiger partial charge in [0.25, 0.3) is 5.92 Å². The summed E-state index contributed by atoms with van der Waals surface area (Å²) >= 11 is 0. The first-order valence-corrected chi connectivity index (χ1v) is 17.8. The summed E-state index contributed by atoms with van der Waals surface area (Å²) in [5.41, 5.74) is 6.05. The van der Waals surface area contributed by atoms with Crippen molar-refractivity contribution >= 4 is 8.32 Å². The Morgan fingerprint density at radius 2 is 1.70 bits per heavy atom. The molecule has 1 aromatic carbocycles. The van der Waals surface area contributed by atoms with Crippen LogP contribution in [0.3, 0.4) is 0 Å². The van der Waals surface area contributed by atoms with Crippen LogP contribution in [0.4, 0.5) is 8.78 Å². The summed E-state index contributed by atoms with van der Waals surface area (Å²) in [6, 6.07) is 6.16. The molecule has 2 atom stereocenters. The Morgan fingerprint density at radius 3 is 2.25 bits per heavy atom. The molecule has 0 aliphatic heterocycles. The third kappa shape index (κ3) is 6.08. The Balaban J connectivity index is 1.92. The van der Waals surface area contributed by atoms with Crippen LogP contribution in [0.15, 0.2) is 36.1 Å². The molecular formula is C34H49F2NO2Si. The van der Waals surface area contributed by atoms with Gasteiger partial charge in [0.1, 0.15) is 6.10 Å². The van der Waals surface area contributed by atoms with Crippen molar-refractivity contribution in [3.63, 3.8) is 0 Å². The van der Waals surface area contributed by atoms with Crippen LogP contribution >= 0.6 is 0 Å². The fraction of sp³-hybridized carbons (Fsp3) is 0.618. The van der Waals surface area contributed by atoms with Crippen molar-refractivity contribution in [3.8, 4) is 0 Å². The number of aliphatic hydroxyl groups excluding tert-OH is 1. The van der Waals surface area contributed by atoms with Gasteiger partial charge in [-0.25, -0.2) is 8.78 Å². The van der Waals surface area contributed by atoms with Gasteiger partial charge in [0.15, 0.2) is 0 Å². The third-order valence-corrected chi connectivity index (χ3v) is 13.8. The largest absolute Gasteiger partial charge is 0.546 e. The SMILES string of the molecule is CC(C)c1nc2c(c([C@@H]3CCC=C3O[Si](C)(C)C(C)(C)C)c1[C@H](O)c1ccc(C(C)(F)F)cc1)CCC(C)(C)C2. The van der Waals surface area contributed by atoms with E-state index in [1.54, 1.807) is 12.1 Å². The number of hydrogen-bond acceptors (Lipinski definition) is 3. The fourth-order valence-corrected chi connectivity index (χ4v) is 7.05. The van der Waals surface area contributed by atoms with E-state index in [1.165, 1.54) is 23.3 Å². The highest BCUT2D eigenvalue weighted by Crippen LogP contribution is 2.50. The van der Waals surface area contributed by atoms with Gasteiger partial charge in [0, 0.05) is 35.4 Å². The number of aromatic nitrogens is 1. The van der Waals surface area contributed by atoms with Gasteiger partial charge in [-0.3, -0.25) is 4.98 Å². The van der Waals surface area contributed by atoms with Gasteiger partial charge in [-0.1, -0.05) is 72.7 Å². The van der Waals surface area contributed by atoms with Crippen LogP contribution in [0.1, 0.15) is 132 Å². The molecule has 6 heteroatoms. The molecule has 1 N–H and O–H groups in total. The third-order valence-electron chi connectivity index (χ3n) is 9.42. The van der Waals surface area contributed by atoms with E-state index >= 15 is 0 Å². The molecule has 220 valence electrons. The molecule has 2 aromatic rings. The minimum Gasteiger partial charge on any atom is -0.546 e. The highest BCUT2D eigenvalue weighted by atomic mass is 28.4. The molecule has 0 amide bonds. The van der Waals surface area contributed by atoms with Crippen molar-refractivity contribution in [1.82, 2.24) is 4.98 Å². The van der Waals surface area contributed by atoms with Crippen molar-refractivity contribution in [3.05, 3.63) is 75.3 Å². The molecule has 0 saturated heterocycles. The fourth-order valence-electron chi connectivity index (χ4n) is 5.93. The molecule has 1 heterocycles. The van der Waals surface area contributed by atoms with Crippen molar-refractivity contribution in [2.24, 2.45) is 5.41 Å². The quantitative estimate of drug-likeness (QED) is 0.338. The van der Waals surface area contributed by atoms with Gasteiger partial charge in [-0.15, -0.1) is 0 Å². The number of benzene rings is 1. The zero-order valence-corrected chi connectivity index (χ0v) is 27.2. The number of pyridine rings is 1. The smallest absolute Gasteiger partial charge is 0.270 e. The molecule has 2 aliphatic rings. The van der Waals surface area contributed by atoms with Crippen molar-refractivity contribution in [2.75, 3.05) is 0 Å². The van der Waals surface area contributed by atoms with Crippen molar-refractivity contribution < 1.29 is 18.3 Å². The van der Waals surface area contributed by atoms with Gasteiger partial charge in [-0.05, 0) is 84.3 Å². The zero-order valence-electron chi connectivity index (χ0n) is 26.2. The van der Waals surface area contributed by atoms with Crippen LogP contribution in [0.25, 0.3) is 0 Å². The number of nitrogens with zero attached hydrogens (tertiary/aromatic N) is 1. The molecule has 0 radical (unpaired) electrons. The Labute approximate surface area is 241 Å². The molecule has 0 unspecified atom stereocenters. The van der Waals surface area contributed by atoms with Crippen LogP contribution in [0.2, 0.25) is 18.1 Å². The highest BCUT2D eigenvalue weighted by Gasteiger charge is 2.43. The normalized spacial score (nSPS) is 20.4. The van der Waals surface area contributed by atoms with Crippen LogP contribution in [0.5, 0.6) is 0 Å². The topological polar surface area (TPSA) is 42.4 Å². The maximum atomic E-state index is 14.0. The second-order valence-electron chi connectivity index (χ2n) is 14.8. The van der Waals surface area contributed by atoms with Crippen LogP contribution in [0, 0.1) is 5.41 Å². The van der Waals surface area contributed by atoms with E-state index in [2.05, 4.69) is 67.6 Å². The summed E-state index contributed by atoms with van der Waals surface area (Å²) in [4.78, 5) is 5.25. The van der Waals surface area contributed by atoms with E-state index in [9.17, 15) is 13.9 Å². The molecule has 0 bridgehead atoms. The minimum atomic E-state index is -2.93.